The third kappa shape index (κ3) is 9.31. The summed E-state index contributed by atoms with van der Waals surface area (Å²) < 4.78 is 38.8. The second-order valence-corrected chi connectivity index (χ2v) is 13.4. The van der Waals surface area contributed by atoms with E-state index in [4.69, 9.17) is 37.0 Å². The monoisotopic (exact) mass is 467 g/mol. The molecule has 0 spiro atoms. The highest BCUT2D eigenvalue weighted by Gasteiger charge is 2.45. The molecule has 1 aliphatic heterocycles. The number of epoxide rings is 1. The number of hydrogen-bond acceptors (Lipinski definition) is 8. The van der Waals surface area contributed by atoms with Crippen LogP contribution in [0.5, 0.6) is 0 Å². The van der Waals surface area contributed by atoms with E-state index in [1.165, 1.54) is 19.3 Å². The Morgan fingerprint density at radius 1 is 0.800 bits per heavy atom. The van der Waals surface area contributed by atoms with E-state index in [0.29, 0.717) is 38.6 Å². The molecule has 180 valence electrons. The zero-order chi connectivity index (χ0) is 22.5. The van der Waals surface area contributed by atoms with E-state index in [9.17, 15) is 0 Å². The molecule has 2 fully saturated rings. The number of hydrogen-bond donors (Lipinski definition) is 1. The van der Waals surface area contributed by atoms with Gasteiger partial charge in [0.05, 0.1) is 12.2 Å². The van der Waals surface area contributed by atoms with Gasteiger partial charge < -0.3 is 37.0 Å². The molecule has 0 aromatic carbocycles. The van der Waals surface area contributed by atoms with E-state index < -0.39 is 17.6 Å². The molecule has 1 heterocycles. The first kappa shape index (κ1) is 28.1. The molecule has 8 nitrogen and oxygen atoms in total. The van der Waals surface area contributed by atoms with Crippen LogP contribution in [0.25, 0.3) is 0 Å². The van der Waals surface area contributed by atoms with Gasteiger partial charge in [0.2, 0.25) is 0 Å². The van der Waals surface area contributed by atoms with E-state index >= 15 is 0 Å². The van der Waals surface area contributed by atoms with Crippen LogP contribution >= 0.6 is 0 Å². The van der Waals surface area contributed by atoms with Gasteiger partial charge in [-0.3, -0.25) is 0 Å². The van der Waals surface area contributed by atoms with Crippen LogP contribution in [-0.4, -0.2) is 77.5 Å². The second kappa shape index (κ2) is 15.0. The summed E-state index contributed by atoms with van der Waals surface area (Å²) in [6, 6.07) is 1.73. The molecule has 3 unspecified atom stereocenters. The summed E-state index contributed by atoms with van der Waals surface area (Å²) in [5.41, 5.74) is 5.48. The normalized spacial score (nSPS) is 23.5. The summed E-state index contributed by atoms with van der Waals surface area (Å²) in [4.78, 5) is 0. The molecule has 0 aromatic heterocycles. The number of ether oxygens (including phenoxy) is 1. The third-order valence-electron chi connectivity index (χ3n) is 5.68. The summed E-state index contributed by atoms with van der Waals surface area (Å²) in [6.45, 7) is 8.44. The van der Waals surface area contributed by atoms with Crippen LogP contribution in [0.2, 0.25) is 12.1 Å². The van der Waals surface area contributed by atoms with Crippen LogP contribution in [-0.2, 0) is 31.3 Å². The van der Waals surface area contributed by atoms with Crippen molar-refractivity contribution in [2.24, 2.45) is 11.7 Å². The molecule has 2 rings (SSSR count). The fourth-order valence-electron chi connectivity index (χ4n) is 4.01. The Kier molecular flexibility index (Phi) is 14.1. The van der Waals surface area contributed by atoms with Crippen LogP contribution < -0.4 is 5.73 Å². The fourth-order valence-corrected chi connectivity index (χ4v) is 8.52. The topological polar surface area (TPSA) is 93.9 Å². The van der Waals surface area contributed by atoms with Crippen LogP contribution in [0.15, 0.2) is 0 Å². The highest BCUT2D eigenvalue weighted by Crippen LogP contribution is 2.41. The number of nitrogens with two attached hydrogens (primary N) is 1. The van der Waals surface area contributed by atoms with Gasteiger partial charge in [0.25, 0.3) is 0 Å². The lowest BCUT2D eigenvalue weighted by Crippen LogP contribution is -2.46. The smallest absolute Gasteiger partial charge is 0.377 e. The van der Waals surface area contributed by atoms with Crippen molar-refractivity contribution < 1.29 is 31.3 Å². The van der Waals surface area contributed by atoms with Gasteiger partial charge in [-0.25, -0.2) is 0 Å². The second-order valence-electron chi connectivity index (χ2n) is 7.60. The molecule has 2 N–H and O–H groups in total. The Bertz CT molecular complexity index is 418. The van der Waals surface area contributed by atoms with Gasteiger partial charge >= 0.3 is 17.6 Å². The minimum Gasteiger partial charge on any atom is -0.377 e. The Hall–Kier alpha value is 0.114. The van der Waals surface area contributed by atoms with Gasteiger partial charge in [-0.1, -0.05) is 0 Å². The third-order valence-corrected chi connectivity index (χ3v) is 11.6. The Balaban J connectivity index is 0.000000304. The average molecular weight is 468 g/mol. The summed E-state index contributed by atoms with van der Waals surface area (Å²) in [5.74, 6) is 0.760. The number of fused-ring (bicyclic) bond motifs is 1. The van der Waals surface area contributed by atoms with E-state index in [0.717, 1.165) is 30.8 Å². The molecule has 1 saturated heterocycles. The largest absolute Gasteiger partial charge is 0.500 e. The van der Waals surface area contributed by atoms with Crippen LogP contribution in [0.3, 0.4) is 0 Å². The van der Waals surface area contributed by atoms with Crippen LogP contribution in [0.4, 0.5) is 0 Å². The zero-order valence-electron chi connectivity index (χ0n) is 19.9. The lowest BCUT2D eigenvalue weighted by atomic mass is 9.88. The lowest BCUT2D eigenvalue weighted by Gasteiger charge is -2.28. The first-order chi connectivity index (χ1) is 14.5. The molecular formula is C20H45NO7Si2. The Morgan fingerprint density at radius 2 is 1.37 bits per heavy atom. The van der Waals surface area contributed by atoms with Crippen molar-refractivity contribution in [3.8, 4) is 0 Å². The first-order valence-electron chi connectivity index (χ1n) is 11.4. The predicted octanol–water partition coefficient (Wildman–Crippen LogP) is 3.21. The minimum absolute atomic E-state index is 0.558. The van der Waals surface area contributed by atoms with E-state index in [-0.39, 0.29) is 0 Å². The maximum atomic E-state index is 5.65. The number of rotatable bonds is 15. The van der Waals surface area contributed by atoms with Gasteiger partial charge in [0, 0.05) is 53.2 Å². The maximum absolute atomic E-state index is 5.65. The van der Waals surface area contributed by atoms with Crippen molar-refractivity contribution in [2.45, 2.75) is 77.2 Å². The molecule has 0 radical (unpaired) electrons. The SMILES string of the molecule is CCO[Si](CCCN)(OCC)OCC.CO[Si](CCC1CCC2OC2C1)(OC)OC. The van der Waals surface area contributed by atoms with Crippen LogP contribution in [0, 0.1) is 5.92 Å². The molecule has 30 heavy (non-hydrogen) atoms. The molecule has 0 bridgehead atoms. The van der Waals surface area contributed by atoms with Gasteiger partial charge in [-0.15, -0.1) is 0 Å². The summed E-state index contributed by atoms with van der Waals surface area (Å²) >= 11 is 0. The standard InChI is InChI=1S/C11H22O4Si.C9H23NO3Si/c1-12-16(13-2,14-3)7-6-9-4-5-10-11(8-9)15-10;1-4-11-14(12-5-2,13-6-3)9-7-8-10/h9-11H,4-8H2,1-3H3;4-10H2,1-3H3. The zero-order valence-corrected chi connectivity index (χ0v) is 21.9. The molecule has 1 aliphatic carbocycles. The van der Waals surface area contributed by atoms with Gasteiger partial charge in [-0.05, 0) is 65.3 Å². The van der Waals surface area contributed by atoms with Crippen molar-refractivity contribution >= 4 is 17.6 Å². The summed E-state index contributed by atoms with van der Waals surface area (Å²) in [5, 5.41) is 0. The van der Waals surface area contributed by atoms with Gasteiger partial charge in [-0.2, -0.15) is 0 Å². The molecular weight excluding hydrogens is 422 g/mol. The fraction of sp³-hybridized carbons (Fsp3) is 1.00. The quantitative estimate of drug-likeness (QED) is 0.290. The van der Waals surface area contributed by atoms with Crippen molar-refractivity contribution in [3.05, 3.63) is 0 Å². The molecule has 10 heteroatoms. The molecule has 1 saturated carbocycles. The highest BCUT2D eigenvalue weighted by atomic mass is 28.4. The van der Waals surface area contributed by atoms with E-state index in [1.807, 2.05) is 20.8 Å². The first-order valence-corrected chi connectivity index (χ1v) is 15.3. The molecule has 3 atom stereocenters. The van der Waals surface area contributed by atoms with Crippen LogP contribution in [0.1, 0.15) is 52.9 Å². The van der Waals surface area contributed by atoms with Crippen molar-refractivity contribution in [3.63, 3.8) is 0 Å². The van der Waals surface area contributed by atoms with E-state index in [2.05, 4.69) is 0 Å². The highest BCUT2D eigenvalue weighted by molar-refractivity contribution is 6.61. The lowest BCUT2D eigenvalue weighted by molar-refractivity contribution is 0.0710. The van der Waals surface area contributed by atoms with Crippen molar-refractivity contribution in [2.75, 3.05) is 47.7 Å². The van der Waals surface area contributed by atoms with Gasteiger partial charge in [0.1, 0.15) is 0 Å². The Morgan fingerprint density at radius 3 is 1.80 bits per heavy atom. The van der Waals surface area contributed by atoms with E-state index in [1.54, 1.807) is 21.3 Å². The maximum Gasteiger partial charge on any atom is 0.500 e. The van der Waals surface area contributed by atoms with Gasteiger partial charge in [0.15, 0.2) is 0 Å². The average Bonchev–Trinajstić information content (AvgIpc) is 3.54. The Labute approximate surface area is 185 Å². The van der Waals surface area contributed by atoms with Crippen molar-refractivity contribution in [1.82, 2.24) is 0 Å². The summed E-state index contributed by atoms with van der Waals surface area (Å²) in [6.07, 6.45) is 6.90. The van der Waals surface area contributed by atoms with Crippen molar-refractivity contribution in [1.29, 1.82) is 0 Å². The summed E-state index contributed by atoms with van der Waals surface area (Å²) in [7, 11) is 0.295. The molecule has 2 aliphatic rings. The molecule has 0 amide bonds. The molecule has 0 aromatic rings. The predicted molar refractivity (Wildman–Crippen MR) is 121 cm³/mol. The minimum atomic E-state index is -2.40.